The van der Waals surface area contributed by atoms with Gasteiger partial charge in [-0.1, -0.05) is 72.8 Å². The molecule has 3 aromatic carbocycles. The van der Waals surface area contributed by atoms with Crippen molar-refractivity contribution in [2.75, 3.05) is 12.5 Å². The van der Waals surface area contributed by atoms with Crippen LogP contribution in [-0.4, -0.2) is 31.8 Å². The largest absolute Gasteiger partial charge is 0.507 e. The first-order valence-electron chi connectivity index (χ1n) is 8.80. The summed E-state index contributed by atoms with van der Waals surface area (Å²) in [5.41, 5.74) is 4.61. The summed E-state index contributed by atoms with van der Waals surface area (Å²) in [6, 6.07) is 27.4. The number of aromatic hydroxyl groups is 1. The molecule has 142 valence electrons. The monoisotopic (exact) mass is 390 g/mol. The van der Waals surface area contributed by atoms with E-state index in [9.17, 15) is 9.32 Å². The predicted octanol–water partition coefficient (Wildman–Crippen LogP) is 5.11. The van der Waals surface area contributed by atoms with Crippen LogP contribution in [0, 0.1) is 0 Å². The van der Waals surface area contributed by atoms with Crippen molar-refractivity contribution in [2.45, 2.75) is 0 Å². The van der Waals surface area contributed by atoms with Crippen molar-refractivity contribution in [1.82, 2.24) is 9.97 Å². The van der Waals surface area contributed by atoms with Gasteiger partial charge in [0.05, 0.1) is 17.0 Å². The highest BCUT2D eigenvalue weighted by Crippen LogP contribution is 2.35. The molecular weight excluding hydrogens is 368 g/mol. The molecule has 2 N–H and O–H groups in total. The van der Waals surface area contributed by atoms with Gasteiger partial charge in [-0.15, -0.1) is 0 Å². The lowest BCUT2D eigenvalue weighted by molar-refractivity contribution is 0.477. The van der Waals surface area contributed by atoms with Gasteiger partial charge < -0.3 is 10.1 Å². The van der Waals surface area contributed by atoms with Crippen molar-refractivity contribution in [1.29, 1.82) is 0 Å². The second kappa shape index (κ2) is 9.15. The number of imidazole rings is 1. The Morgan fingerprint density at radius 2 is 1.29 bits per heavy atom. The number of hydrogen-bond donors (Lipinski definition) is 2. The Hall–Kier alpha value is -3.18. The molecule has 5 heteroatoms. The number of para-hydroxylation sites is 1. The number of benzene rings is 3. The Morgan fingerprint density at radius 3 is 1.86 bits per heavy atom. The highest BCUT2D eigenvalue weighted by molar-refractivity contribution is 7.83. The molecule has 0 spiro atoms. The minimum absolute atomic E-state index is 0.213. The Balaban J connectivity index is 0.000000516. The first-order chi connectivity index (χ1) is 13.6. The van der Waals surface area contributed by atoms with Gasteiger partial charge in [0, 0.05) is 34.4 Å². The van der Waals surface area contributed by atoms with E-state index < -0.39 is 10.8 Å². The zero-order valence-electron chi connectivity index (χ0n) is 15.8. The summed E-state index contributed by atoms with van der Waals surface area (Å²) >= 11 is 0. The number of phenolic OH excluding ortho intramolecular Hbond substituents is 1. The maximum absolute atomic E-state index is 10.1. The molecular formula is C23H22N2O2S. The van der Waals surface area contributed by atoms with Crippen LogP contribution in [0.3, 0.4) is 0 Å². The summed E-state index contributed by atoms with van der Waals surface area (Å²) in [6.45, 7) is 0. The van der Waals surface area contributed by atoms with Crippen LogP contribution < -0.4 is 0 Å². The number of rotatable bonds is 3. The first kappa shape index (κ1) is 19.6. The van der Waals surface area contributed by atoms with Crippen molar-refractivity contribution in [3.63, 3.8) is 0 Å². The number of hydrogen-bond acceptors (Lipinski definition) is 3. The molecule has 4 aromatic rings. The summed E-state index contributed by atoms with van der Waals surface area (Å²) in [5.74, 6) is 0.872. The molecule has 4 rings (SSSR count). The van der Waals surface area contributed by atoms with Crippen molar-refractivity contribution >= 4 is 10.8 Å². The third-order valence-corrected chi connectivity index (χ3v) is 3.97. The number of aromatic nitrogens is 2. The zero-order valence-corrected chi connectivity index (χ0v) is 16.6. The Bertz CT molecular complexity index is 999. The maximum atomic E-state index is 10.1. The molecule has 0 atom stereocenters. The summed E-state index contributed by atoms with van der Waals surface area (Å²) < 4.78 is 9.56. The lowest BCUT2D eigenvalue weighted by Crippen LogP contribution is -1.82. The molecule has 1 heterocycles. The van der Waals surface area contributed by atoms with Crippen LogP contribution in [-0.2, 0) is 10.8 Å². The molecule has 0 amide bonds. The van der Waals surface area contributed by atoms with E-state index in [1.165, 1.54) is 0 Å². The lowest BCUT2D eigenvalue weighted by Gasteiger charge is -2.02. The van der Waals surface area contributed by atoms with E-state index in [1.807, 2.05) is 60.7 Å². The molecule has 0 fully saturated rings. The van der Waals surface area contributed by atoms with Crippen molar-refractivity contribution < 1.29 is 9.32 Å². The fraction of sp³-hybridized carbons (Fsp3) is 0.0870. The maximum Gasteiger partial charge on any atom is 0.142 e. The second-order valence-corrected chi connectivity index (χ2v) is 7.78. The molecule has 0 aliphatic carbocycles. The van der Waals surface area contributed by atoms with E-state index in [0.717, 1.165) is 22.5 Å². The molecule has 0 aliphatic heterocycles. The topological polar surface area (TPSA) is 66.0 Å². The van der Waals surface area contributed by atoms with Gasteiger partial charge in [-0.05, 0) is 12.1 Å². The van der Waals surface area contributed by atoms with Gasteiger partial charge in [0.15, 0.2) is 0 Å². The van der Waals surface area contributed by atoms with Crippen LogP contribution in [0.25, 0.3) is 33.9 Å². The summed E-state index contributed by atoms with van der Waals surface area (Å²) in [4.78, 5) is 8.15. The molecule has 0 radical (unpaired) electrons. The minimum Gasteiger partial charge on any atom is -0.507 e. The molecule has 1 aromatic heterocycles. The third-order valence-electron chi connectivity index (χ3n) is 3.97. The normalized spacial score (nSPS) is 10.4. The van der Waals surface area contributed by atoms with Crippen LogP contribution >= 0.6 is 0 Å². The Kier molecular flexibility index (Phi) is 6.40. The quantitative estimate of drug-likeness (QED) is 0.511. The number of nitrogens with zero attached hydrogens (tertiary/aromatic N) is 1. The van der Waals surface area contributed by atoms with Gasteiger partial charge in [-0.3, -0.25) is 4.21 Å². The SMILES string of the molecule is CS(C)=O.Oc1ccccc1-c1nc(-c2ccccc2)c(-c2ccccc2)[nH]1. The smallest absolute Gasteiger partial charge is 0.142 e. The number of aromatic amines is 1. The Labute approximate surface area is 167 Å². The number of phenols is 1. The highest BCUT2D eigenvalue weighted by atomic mass is 32.2. The first-order valence-corrected chi connectivity index (χ1v) is 10.8. The van der Waals surface area contributed by atoms with Crippen LogP contribution in [0.1, 0.15) is 0 Å². The van der Waals surface area contributed by atoms with E-state index in [-0.39, 0.29) is 5.75 Å². The summed E-state index contributed by atoms with van der Waals surface area (Å²) in [7, 11) is -0.611. The molecule has 0 unspecified atom stereocenters. The molecule has 0 saturated carbocycles. The van der Waals surface area contributed by atoms with Gasteiger partial charge in [-0.2, -0.15) is 0 Å². The van der Waals surface area contributed by atoms with Gasteiger partial charge in [0.25, 0.3) is 0 Å². The van der Waals surface area contributed by atoms with Gasteiger partial charge in [-0.25, -0.2) is 4.98 Å². The van der Waals surface area contributed by atoms with E-state index >= 15 is 0 Å². The standard InChI is InChI=1S/C21H16N2O.C2H6OS/c24-18-14-8-7-13-17(18)21-22-19(15-9-3-1-4-10-15)20(23-21)16-11-5-2-6-12-16;1-4(2)3/h1-14,24H,(H,22,23);1-2H3. The molecule has 0 saturated heterocycles. The second-order valence-electron chi connectivity index (χ2n) is 6.30. The van der Waals surface area contributed by atoms with Crippen LogP contribution in [0.5, 0.6) is 5.75 Å². The fourth-order valence-corrected chi connectivity index (χ4v) is 2.79. The zero-order chi connectivity index (χ0) is 19.9. The van der Waals surface area contributed by atoms with Crippen molar-refractivity contribution in [3.8, 4) is 39.7 Å². The van der Waals surface area contributed by atoms with Gasteiger partial charge in [0.2, 0.25) is 0 Å². The van der Waals surface area contributed by atoms with Gasteiger partial charge in [0.1, 0.15) is 11.6 Å². The van der Waals surface area contributed by atoms with Crippen LogP contribution in [0.2, 0.25) is 0 Å². The van der Waals surface area contributed by atoms with E-state index in [4.69, 9.17) is 4.98 Å². The highest BCUT2D eigenvalue weighted by Gasteiger charge is 2.16. The summed E-state index contributed by atoms with van der Waals surface area (Å²) in [6.07, 6.45) is 3.28. The van der Waals surface area contributed by atoms with E-state index in [1.54, 1.807) is 24.6 Å². The van der Waals surface area contributed by atoms with Crippen LogP contribution in [0.4, 0.5) is 0 Å². The van der Waals surface area contributed by atoms with E-state index in [2.05, 4.69) is 17.1 Å². The molecule has 4 nitrogen and oxygen atoms in total. The molecule has 0 bridgehead atoms. The Morgan fingerprint density at radius 1 is 0.786 bits per heavy atom. The molecule has 28 heavy (non-hydrogen) atoms. The third kappa shape index (κ3) is 4.75. The fourth-order valence-electron chi connectivity index (χ4n) is 2.79. The van der Waals surface area contributed by atoms with Gasteiger partial charge >= 0.3 is 0 Å². The summed E-state index contributed by atoms with van der Waals surface area (Å²) in [5, 5.41) is 10.1. The number of H-pyrrole nitrogens is 1. The van der Waals surface area contributed by atoms with E-state index in [0.29, 0.717) is 11.4 Å². The average Bonchev–Trinajstić information content (AvgIpc) is 3.14. The minimum atomic E-state index is -0.611. The number of nitrogens with one attached hydrogen (secondary N) is 1. The average molecular weight is 391 g/mol. The lowest BCUT2D eigenvalue weighted by atomic mass is 10.1. The predicted molar refractivity (Wildman–Crippen MR) is 117 cm³/mol. The molecule has 0 aliphatic rings. The van der Waals surface area contributed by atoms with Crippen LogP contribution in [0.15, 0.2) is 84.9 Å². The van der Waals surface area contributed by atoms with Crippen molar-refractivity contribution in [3.05, 3.63) is 84.9 Å². The van der Waals surface area contributed by atoms with Crippen molar-refractivity contribution in [2.24, 2.45) is 0 Å².